The van der Waals surface area contributed by atoms with E-state index in [0.29, 0.717) is 17.5 Å². The minimum Gasteiger partial charge on any atom is -0.347 e. The Morgan fingerprint density at radius 1 is 1.21 bits per heavy atom. The Morgan fingerprint density at radius 2 is 1.83 bits per heavy atom. The smallest absolute Gasteiger partial charge is 0.253 e. The van der Waals surface area contributed by atoms with Crippen LogP contribution in [0.25, 0.3) is 0 Å². The molecule has 7 heteroatoms. The summed E-state index contributed by atoms with van der Waals surface area (Å²) in [6, 6.07) is 6.18. The molecule has 0 bridgehead atoms. The fraction of sp³-hybridized carbons (Fsp3) is 0.529. The minimum atomic E-state index is -3.06. The Bertz CT molecular complexity index is 750. The summed E-state index contributed by atoms with van der Waals surface area (Å²) in [6.45, 7) is 5.65. The molecule has 1 N–H and O–H groups in total. The van der Waals surface area contributed by atoms with E-state index in [0.717, 1.165) is 0 Å². The molecule has 0 saturated carbocycles. The largest absolute Gasteiger partial charge is 0.347 e. The van der Waals surface area contributed by atoms with Crippen molar-refractivity contribution in [3.05, 3.63) is 35.4 Å². The number of amides is 2. The van der Waals surface area contributed by atoms with E-state index >= 15 is 0 Å². The average Bonchev–Trinajstić information content (AvgIpc) is 2.84. The normalized spacial score (nSPS) is 19.8. The fourth-order valence-electron chi connectivity index (χ4n) is 2.66. The molecule has 1 saturated heterocycles. The molecule has 1 fully saturated rings. The Morgan fingerprint density at radius 3 is 2.38 bits per heavy atom. The maximum Gasteiger partial charge on any atom is 0.253 e. The lowest BCUT2D eigenvalue weighted by Crippen LogP contribution is -2.41. The van der Waals surface area contributed by atoms with Crippen LogP contribution in [-0.4, -0.2) is 55.3 Å². The van der Waals surface area contributed by atoms with Crippen LogP contribution in [-0.2, 0) is 9.84 Å². The van der Waals surface area contributed by atoms with Crippen LogP contribution in [0.15, 0.2) is 24.3 Å². The highest BCUT2D eigenvalue weighted by Crippen LogP contribution is 2.19. The number of sulfone groups is 1. The maximum atomic E-state index is 12.6. The zero-order valence-electron chi connectivity index (χ0n) is 14.5. The van der Waals surface area contributed by atoms with Gasteiger partial charge in [-0.3, -0.25) is 9.59 Å². The standard InChI is InChI=1S/C17H24N2O4S/c1-17(2,3)18-15(20)12-6-5-7-13(10-12)16(21)19(4)14-8-9-24(22,23)11-14/h5-7,10,14H,8-9,11H2,1-4H3,(H,18,20). The second-order valence-electron chi connectivity index (χ2n) is 7.26. The molecular formula is C17H24N2O4S. The van der Waals surface area contributed by atoms with Crippen LogP contribution < -0.4 is 5.32 Å². The van der Waals surface area contributed by atoms with Gasteiger partial charge in [0.2, 0.25) is 0 Å². The molecule has 0 spiro atoms. The van der Waals surface area contributed by atoms with E-state index < -0.39 is 9.84 Å². The van der Waals surface area contributed by atoms with Crippen molar-refractivity contribution >= 4 is 21.7 Å². The second-order valence-corrected chi connectivity index (χ2v) is 9.49. The van der Waals surface area contributed by atoms with Crippen molar-refractivity contribution in [2.24, 2.45) is 0 Å². The lowest BCUT2D eigenvalue weighted by Gasteiger charge is -2.24. The van der Waals surface area contributed by atoms with Crippen molar-refractivity contribution in [1.29, 1.82) is 0 Å². The Balaban J connectivity index is 2.16. The number of rotatable bonds is 3. The van der Waals surface area contributed by atoms with Gasteiger partial charge in [0.1, 0.15) is 0 Å². The Hall–Kier alpha value is -1.89. The number of hydrogen-bond donors (Lipinski definition) is 1. The zero-order chi connectivity index (χ0) is 18.1. The van der Waals surface area contributed by atoms with Crippen LogP contribution in [0.5, 0.6) is 0 Å². The quantitative estimate of drug-likeness (QED) is 0.893. The zero-order valence-corrected chi connectivity index (χ0v) is 15.3. The molecular weight excluding hydrogens is 328 g/mol. The molecule has 1 aromatic carbocycles. The fourth-order valence-corrected chi connectivity index (χ4v) is 4.43. The average molecular weight is 352 g/mol. The van der Waals surface area contributed by atoms with Crippen molar-refractivity contribution in [1.82, 2.24) is 10.2 Å². The number of benzene rings is 1. The highest BCUT2D eigenvalue weighted by atomic mass is 32.2. The number of nitrogens with zero attached hydrogens (tertiary/aromatic N) is 1. The van der Waals surface area contributed by atoms with Crippen LogP contribution in [0.3, 0.4) is 0 Å². The van der Waals surface area contributed by atoms with E-state index in [-0.39, 0.29) is 34.9 Å². The molecule has 1 heterocycles. The Labute approximate surface area is 143 Å². The molecule has 0 radical (unpaired) electrons. The van der Waals surface area contributed by atoms with Crippen molar-refractivity contribution in [3.8, 4) is 0 Å². The molecule has 0 aromatic heterocycles. The SMILES string of the molecule is CN(C(=O)c1cccc(C(=O)NC(C)(C)C)c1)C1CCS(=O)(=O)C1. The number of carbonyl (C=O) groups excluding carboxylic acids is 2. The summed E-state index contributed by atoms with van der Waals surface area (Å²) in [5, 5.41) is 2.85. The summed E-state index contributed by atoms with van der Waals surface area (Å²) < 4.78 is 23.2. The van der Waals surface area contributed by atoms with E-state index in [1.54, 1.807) is 31.3 Å². The van der Waals surface area contributed by atoms with Crippen molar-refractivity contribution in [3.63, 3.8) is 0 Å². The van der Waals surface area contributed by atoms with Gasteiger partial charge in [-0.25, -0.2) is 8.42 Å². The molecule has 1 atom stereocenters. The lowest BCUT2D eigenvalue weighted by atomic mass is 10.1. The lowest BCUT2D eigenvalue weighted by molar-refractivity contribution is 0.0747. The van der Waals surface area contributed by atoms with E-state index in [2.05, 4.69) is 5.32 Å². The number of nitrogens with one attached hydrogen (secondary N) is 1. The van der Waals surface area contributed by atoms with Gasteiger partial charge in [0, 0.05) is 29.8 Å². The van der Waals surface area contributed by atoms with Crippen molar-refractivity contribution in [2.75, 3.05) is 18.6 Å². The minimum absolute atomic E-state index is 0.000555. The van der Waals surface area contributed by atoms with Crippen molar-refractivity contribution < 1.29 is 18.0 Å². The van der Waals surface area contributed by atoms with Crippen LogP contribution in [0, 0.1) is 0 Å². The molecule has 6 nitrogen and oxygen atoms in total. The molecule has 1 unspecified atom stereocenters. The first-order valence-corrected chi connectivity index (χ1v) is 9.71. The molecule has 0 aliphatic carbocycles. The predicted molar refractivity (Wildman–Crippen MR) is 92.8 cm³/mol. The first kappa shape index (κ1) is 18.4. The van der Waals surface area contributed by atoms with E-state index in [1.165, 1.54) is 4.90 Å². The first-order chi connectivity index (χ1) is 11.0. The molecule has 1 aromatic rings. The summed E-state index contributed by atoms with van der Waals surface area (Å²) in [5.41, 5.74) is 0.415. The van der Waals surface area contributed by atoms with Gasteiger partial charge < -0.3 is 10.2 Å². The second kappa shape index (κ2) is 6.55. The maximum absolute atomic E-state index is 12.6. The van der Waals surface area contributed by atoms with Gasteiger partial charge in [-0.2, -0.15) is 0 Å². The summed E-state index contributed by atoms with van der Waals surface area (Å²) in [5.74, 6) is -0.409. The number of hydrogen-bond acceptors (Lipinski definition) is 4. The summed E-state index contributed by atoms with van der Waals surface area (Å²) in [6.07, 6.45) is 0.453. The molecule has 132 valence electrons. The third kappa shape index (κ3) is 4.56. The van der Waals surface area contributed by atoms with Crippen LogP contribution in [0.2, 0.25) is 0 Å². The van der Waals surface area contributed by atoms with Gasteiger partial charge in [-0.1, -0.05) is 6.07 Å². The van der Waals surface area contributed by atoms with Gasteiger partial charge in [-0.05, 0) is 45.4 Å². The highest BCUT2D eigenvalue weighted by molar-refractivity contribution is 7.91. The molecule has 2 rings (SSSR count). The summed E-state index contributed by atoms with van der Waals surface area (Å²) in [4.78, 5) is 26.3. The van der Waals surface area contributed by atoms with Gasteiger partial charge in [0.15, 0.2) is 9.84 Å². The van der Waals surface area contributed by atoms with Crippen LogP contribution in [0.4, 0.5) is 0 Å². The van der Waals surface area contributed by atoms with Gasteiger partial charge >= 0.3 is 0 Å². The van der Waals surface area contributed by atoms with Crippen LogP contribution >= 0.6 is 0 Å². The molecule has 1 aliphatic rings. The van der Waals surface area contributed by atoms with E-state index in [4.69, 9.17) is 0 Å². The summed E-state index contributed by atoms with van der Waals surface area (Å²) >= 11 is 0. The van der Waals surface area contributed by atoms with Crippen LogP contribution in [0.1, 0.15) is 47.9 Å². The first-order valence-electron chi connectivity index (χ1n) is 7.89. The van der Waals surface area contributed by atoms with E-state index in [1.807, 2.05) is 20.8 Å². The topological polar surface area (TPSA) is 83.6 Å². The number of carbonyl (C=O) groups is 2. The molecule has 2 amide bonds. The van der Waals surface area contributed by atoms with Gasteiger partial charge in [0.05, 0.1) is 11.5 Å². The predicted octanol–water partition coefficient (Wildman–Crippen LogP) is 1.47. The summed E-state index contributed by atoms with van der Waals surface area (Å²) in [7, 11) is -1.45. The van der Waals surface area contributed by atoms with Gasteiger partial charge in [-0.15, -0.1) is 0 Å². The monoisotopic (exact) mass is 352 g/mol. The Kier molecular flexibility index (Phi) is 5.03. The van der Waals surface area contributed by atoms with Gasteiger partial charge in [0.25, 0.3) is 11.8 Å². The van der Waals surface area contributed by atoms with E-state index in [9.17, 15) is 18.0 Å². The third-order valence-corrected chi connectivity index (χ3v) is 5.69. The molecule has 24 heavy (non-hydrogen) atoms. The van der Waals surface area contributed by atoms with Crippen molar-refractivity contribution in [2.45, 2.75) is 38.8 Å². The highest BCUT2D eigenvalue weighted by Gasteiger charge is 2.33. The third-order valence-electron chi connectivity index (χ3n) is 3.94. The molecule has 1 aliphatic heterocycles.